The molecule has 0 saturated heterocycles. The fourth-order valence-corrected chi connectivity index (χ4v) is 3.28. The lowest BCUT2D eigenvalue weighted by Crippen LogP contribution is -2.35. The maximum Gasteiger partial charge on any atom is 0.328 e. The molecule has 32 heavy (non-hydrogen) atoms. The maximum atomic E-state index is 12.5. The summed E-state index contributed by atoms with van der Waals surface area (Å²) in [5.74, 6) is -1.88. The summed E-state index contributed by atoms with van der Waals surface area (Å²) in [6, 6.07) is 14.3. The van der Waals surface area contributed by atoms with E-state index in [1.807, 2.05) is 13.8 Å². The molecule has 0 radical (unpaired) electrons. The van der Waals surface area contributed by atoms with E-state index in [0.717, 1.165) is 0 Å². The predicted octanol–water partition coefficient (Wildman–Crippen LogP) is 2.96. The van der Waals surface area contributed by atoms with Crippen LogP contribution < -0.4 is 10.1 Å². The van der Waals surface area contributed by atoms with E-state index in [1.54, 1.807) is 48.5 Å². The van der Waals surface area contributed by atoms with Crippen LogP contribution in [0.25, 0.3) is 0 Å². The number of nitrogens with one attached hydrogen (secondary N) is 1. The first kappa shape index (κ1) is 27.3. The Morgan fingerprint density at radius 3 is 1.91 bits per heavy atom. The van der Waals surface area contributed by atoms with Gasteiger partial charge in [-0.1, -0.05) is 25.4 Å². The second-order valence-electron chi connectivity index (χ2n) is 6.73. The van der Waals surface area contributed by atoms with Crippen molar-refractivity contribution in [3.8, 4) is 5.75 Å². The zero-order valence-corrected chi connectivity index (χ0v) is 19.2. The first-order valence-electron chi connectivity index (χ1n) is 9.54. The number of halogens is 1. The van der Waals surface area contributed by atoms with Crippen LogP contribution >= 0.6 is 11.6 Å². The van der Waals surface area contributed by atoms with Gasteiger partial charge in [0.1, 0.15) is 18.5 Å². The van der Waals surface area contributed by atoms with Gasteiger partial charge in [-0.05, 0) is 48.5 Å². The van der Waals surface area contributed by atoms with Gasteiger partial charge in [0.05, 0.1) is 10.8 Å². The minimum Gasteiger partial charge on any atom is -0.491 e. The molecule has 0 aliphatic carbocycles. The smallest absolute Gasteiger partial charge is 0.328 e. The summed E-state index contributed by atoms with van der Waals surface area (Å²) in [5.41, 5.74) is 0. The first-order chi connectivity index (χ1) is 15.1. The van der Waals surface area contributed by atoms with E-state index in [2.05, 4.69) is 5.32 Å². The third kappa shape index (κ3) is 11.6. The number of aliphatic hydroxyl groups is 1. The Labute approximate surface area is 194 Å². The van der Waals surface area contributed by atoms with Gasteiger partial charge in [0, 0.05) is 39.6 Å². The van der Waals surface area contributed by atoms with E-state index in [-0.39, 0.29) is 6.61 Å². The van der Waals surface area contributed by atoms with Gasteiger partial charge in [-0.15, -0.1) is 0 Å². The highest BCUT2D eigenvalue weighted by molar-refractivity contribution is 7.85. The predicted molar refractivity (Wildman–Crippen MR) is 122 cm³/mol. The molecule has 174 valence electrons. The van der Waals surface area contributed by atoms with Crippen LogP contribution in [-0.4, -0.2) is 56.8 Å². The van der Waals surface area contributed by atoms with Crippen molar-refractivity contribution in [1.29, 1.82) is 0 Å². The molecule has 8 nitrogen and oxygen atoms in total. The highest BCUT2D eigenvalue weighted by Crippen LogP contribution is 2.21. The van der Waals surface area contributed by atoms with Crippen LogP contribution in [0.15, 0.2) is 70.5 Å². The molecule has 2 unspecified atom stereocenters. The maximum absolute atomic E-state index is 12.5. The van der Waals surface area contributed by atoms with Crippen LogP contribution in [0.2, 0.25) is 5.02 Å². The van der Waals surface area contributed by atoms with E-state index in [9.17, 15) is 18.9 Å². The first-order valence-corrected chi connectivity index (χ1v) is 11.1. The molecule has 0 amide bonds. The third-order valence-corrected chi connectivity index (χ3v) is 5.29. The molecule has 0 fully saturated rings. The number of aliphatic carboxylic acids is 2. The van der Waals surface area contributed by atoms with Gasteiger partial charge in [-0.25, -0.2) is 13.8 Å². The van der Waals surface area contributed by atoms with E-state index >= 15 is 0 Å². The molecular formula is C22H26ClNO7S. The monoisotopic (exact) mass is 483 g/mol. The van der Waals surface area contributed by atoms with Crippen LogP contribution in [0.3, 0.4) is 0 Å². The molecule has 0 aromatic heterocycles. The fourth-order valence-electron chi connectivity index (χ4n) is 2.12. The number of hydrogen-bond acceptors (Lipinski definition) is 6. The standard InChI is InChI=1S/C18H22ClNO3S.C4H4O4/c1-13(2)20-11-15(21)12-23-16-5-9-18(10-6-16)24(22)17-7-3-14(19)4-8-17;5-3(6)1-2-4(7)8/h3-10,13,15,20-21H,11-12H2,1-2H3;1-2H,(H,5,6)(H,7,8)/b;2-1-. The van der Waals surface area contributed by atoms with Gasteiger partial charge >= 0.3 is 11.9 Å². The van der Waals surface area contributed by atoms with E-state index in [1.165, 1.54) is 0 Å². The Kier molecular flexibility index (Phi) is 12.3. The molecule has 0 bridgehead atoms. The molecule has 0 spiro atoms. The largest absolute Gasteiger partial charge is 0.491 e. The summed E-state index contributed by atoms with van der Waals surface area (Å²) in [5, 5.41) is 29.2. The Balaban J connectivity index is 0.000000547. The molecule has 2 atom stereocenters. The fraction of sp³-hybridized carbons (Fsp3) is 0.273. The number of carboxylic acids is 2. The van der Waals surface area contributed by atoms with Gasteiger partial charge in [-0.3, -0.25) is 0 Å². The lowest BCUT2D eigenvalue weighted by molar-refractivity contribution is -0.134. The number of rotatable bonds is 10. The number of aliphatic hydroxyl groups excluding tert-OH is 1. The van der Waals surface area contributed by atoms with Crippen molar-refractivity contribution in [3.05, 3.63) is 65.7 Å². The van der Waals surface area contributed by atoms with E-state index in [4.69, 9.17) is 26.6 Å². The van der Waals surface area contributed by atoms with Crippen molar-refractivity contribution in [3.63, 3.8) is 0 Å². The molecule has 4 N–H and O–H groups in total. The zero-order valence-electron chi connectivity index (χ0n) is 17.6. The SMILES string of the molecule is CC(C)NCC(O)COc1ccc(S(=O)c2ccc(Cl)cc2)cc1.O=C(O)/C=C\C(=O)O. The minimum atomic E-state index is -1.26. The van der Waals surface area contributed by atoms with E-state index in [0.29, 0.717) is 45.3 Å². The highest BCUT2D eigenvalue weighted by Gasteiger charge is 2.09. The second-order valence-corrected chi connectivity index (χ2v) is 8.65. The molecule has 0 aliphatic rings. The lowest BCUT2D eigenvalue weighted by atomic mass is 10.3. The van der Waals surface area contributed by atoms with Crippen molar-refractivity contribution in [2.24, 2.45) is 0 Å². The molecule has 0 saturated carbocycles. The minimum absolute atomic E-state index is 0.208. The van der Waals surface area contributed by atoms with Gasteiger partial charge in [0.2, 0.25) is 0 Å². The van der Waals surface area contributed by atoms with Crippen LogP contribution in [0.4, 0.5) is 0 Å². The average Bonchev–Trinajstić information content (AvgIpc) is 2.75. The van der Waals surface area contributed by atoms with Crippen molar-refractivity contribution < 1.29 is 33.9 Å². The lowest BCUT2D eigenvalue weighted by Gasteiger charge is -2.15. The van der Waals surface area contributed by atoms with Crippen LogP contribution in [-0.2, 0) is 20.4 Å². The summed E-state index contributed by atoms with van der Waals surface area (Å²) < 4.78 is 18.0. The molecular weight excluding hydrogens is 458 g/mol. The Morgan fingerprint density at radius 1 is 1.00 bits per heavy atom. The van der Waals surface area contributed by atoms with Crippen LogP contribution in [0.5, 0.6) is 5.75 Å². The van der Waals surface area contributed by atoms with Crippen LogP contribution in [0, 0.1) is 0 Å². The number of hydrogen-bond donors (Lipinski definition) is 4. The average molecular weight is 484 g/mol. The Hall–Kier alpha value is -2.72. The number of carboxylic acid groups (broad SMARTS) is 2. The normalized spacial score (nSPS) is 12.7. The Morgan fingerprint density at radius 2 is 1.47 bits per heavy atom. The highest BCUT2D eigenvalue weighted by atomic mass is 35.5. The number of benzene rings is 2. The summed E-state index contributed by atoms with van der Waals surface area (Å²) >= 11 is 5.84. The number of ether oxygens (including phenoxy) is 1. The van der Waals surface area contributed by atoms with Gasteiger partial charge < -0.3 is 25.4 Å². The van der Waals surface area contributed by atoms with Crippen molar-refractivity contribution in [1.82, 2.24) is 5.32 Å². The van der Waals surface area contributed by atoms with Gasteiger partial charge in [-0.2, -0.15) is 0 Å². The molecule has 0 heterocycles. The van der Waals surface area contributed by atoms with Crippen molar-refractivity contribution in [2.45, 2.75) is 35.8 Å². The summed E-state index contributed by atoms with van der Waals surface area (Å²) in [7, 11) is -1.26. The zero-order chi connectivity index (χ0) is 24.1. The van der Waals surface area contributed by atoms with Crippen molar-refractivity contribution >= 4 is 34.3 Å². The van der Waals surface area contributed by atoms with E-state index < -0.39 is 28.8 Å². The van der Waals surface area contributed by atoms with Gasteiger partial charge in [0.15, 0.2) is 0 Å². The Bertz CT molecular complexity index is 899. The molecule has 10 heteroatoms. The second kappa shape index (κ2) is 14.4. The van der Waals surface area contributed by atoms with Gasteiger partial charge in [0.25, 0.3) is 0 Å². The summed E-state index contributed by atoms with van der Waals surface area (Å²) in [6.45, 7) is 4.73. The molecule has 2 aromatic carbocycles. The van der Waals surface area contributed by atoms with Crippen molar-refractivity contribution in [2.75, 3.05) is 13.2 Å². The molecule has 2 rings (SSSR count). The summed E-state index contributed by atoms with van der Waals surface area (Å²) in [4.78, 5) is 20.5. The molecule has 2 aromatic rings. The summed E-state index contributed by atoms with van der Waals surface area (Å²) in [6.07, 6.45) is 0.542. The third-order valence-electron chi connectivity index (χ3n) is 3.64. The number of carbonyl (C=O) groups is 2. The van der Waals surface area contributed by atoms with Crippen LogP contribution in [0.1, 0.15) is 13.8 Å². The quantitative estimate of drug-likeness (QED) is 0.379. The topological polar surface area (TPSA) is 133 Å². The molecule has 0 aliphatic heterocycles.